The minimum absolute atomic E-state index is 0.111. The molecule has 0 bridgehead atoms. The van der Waals surface area contributed by atoms with E-state index in [1.165, 1.54) is 0 Å². The number of aryl methyl sites for hydroxylation is 1. The van der Waals surface area contributed by atoms with Crippen LogP contribution >= 0.6 is 0 Å². The van der Waals surface area contributed by atoms with Crippen LogP contribution in [0.25, 0.3) is 0 Å². The summed E-state index contributed by atoms with van der Waals surface area (Å²) in [4.78, 5) is 27.1. The van der Waals surface area contributed by atoms with E-state index in [-0.39, 0.29) is 11.9 Å². The fourth-order valence-electron chi connectivity index (χ4n) is 4.60. The quantitative estimate of drug-likeness (QED) is 0.772. The van der Waals surface area contributed by atoms with Crippen molar-refractivity contribution in [1.82, 2.24) is 14.9 Å². The number of likely N-dealkylation sites (tertiary alicyclic amines) is 1. The molecule has 2 aliphatic rings. The van der Waals surface area contributed by atoms with Crippen LogP contribution in [0.3, 0.4) is 0 Å². The van der Waals surface area contributed by atoms with Gasteiger partial charge in [-0.3, -0.25) is 14.6 Å². The first-order valence-electron chi connectivity index (χ1n) is 10.5. The van der Waals surface area contributed by atoms with Crippen LogP contribution in [-0.4, -0.2) is 40.5 Å². The molecule has 1 saturated heterocycles. The lowest BCUT2D eigenvalue weighted by atomic mass is 10.0. The van der Waals surface area contributed by atoms with E-state index in [2.05, 4.69) is 25.7 Å². The Morgan fingerprint density at radius 2 is 2.00 bits per heavy atom. The van der Waals surface area contributed by atoms with Gasteiger partial charge in [0.25, 0.3) is 0 Å². The minimum Gasteiger partial charge on any atom is -0.496 e. The number of amides is 1. The van der Waals surface area contributed by atoms with Crippen LogP contribution in [0.5, 0.6) is 5.75 Å². The molecule has 3 heterocycles. The highest BCUT2D eigenvalue weighted by molar-refractivity contribution is 5.95. The van der Waals surface area contributed by atoms with E-state index in [0.29, 0.717) is 25.4 Å². The van der Waals surface area contributed by atoms with Crippen LogP contribution in [0.15, 0.2) is 24.3 Å². The molecule has 1 atom stereocenters. The lowest BCUT2D eigenvalue weighted by Crippen LogP contribution is -2.37. The highest BCUT2D eigenvalue weighted by Crippen LogP contribution is 2.36. The fourth-order valence-corrected chi connectivity index (χ4v) is 4.60. The number of hydrogen-bond acceptors (Lipinski definition) is 5. The lowest BCUT2D eigenvalue weighted by molar-refractivity contribution is -0.119. The summed E-state index contributed by atoms with van der Waals surface area (Å²) in [5.41, 5.74) is 3.08. The Labute approximate surface area is 172 Å². The van der Waals surface area contributed by atoms with Crippen molar-refractivity contribution in [2.45, 2.75) is 65.1 Å². The average molecular weight is 395 g/mol. The third kappa shape index (κ3) is 3.73. The molecule has 6 heteroatoms. The monoisotopic (exact) mass is 394 g/mol. The predicted octanol–water partition coefficient (Wildman–Crippen LogP) is 3.82. The van der Waals surface area contributed by atoms with Crippen LogP contribution in [0.1, 0.15) is 61.8 Å². The number of benzene rings is 1. The zero-order chi connectivity index (χ0) is 20.5. The average Bonchev–Trinajstić information content (AvgIpc) is 3.20. The molecular weight excluding hydrogens is 364 g/mol. The zero-order valence-electron chi connectivity index (χ0n) is 17.8. The largest absolute Gasteiger partial charge is 0.496 e. The normalized spacial score (nSPS) is 19.7. The van der Waals surface area contributed by atoms with Gasteiger partial charge in [0.05, 0.1) is 19.7 Å². The smallest absolute Gasteiger partial charge is 0.228 e. The number of methoxy groups -OCH3 is 1. The summed E-state index contributed by atoms with van der Waals surface area (Å²) in [6.07, 6.45) is 3.43. The van der Waals surface area contributed by atoms with Crippen molar-refractivity contribution in [2.24, 2.45) is 0 Å². The minimum atomic E-state index is 0.111. The van der Waals surface area contributed by atoms with Crippen LogP contribution in [0, 0.1) is 6.92 Å². The van der Waals surface area contributed by atoms with Crippen molar-refractivity contribution < 1.29 is 9.53 Å². The van der Waals surface area contributed by atoms with Crippen LogP contribution in [0.2, 0.25) is 0 Å². The molecule has 1 aromatic heterocycles. The molecule has 154 valence electrons. The Hall–Kier alpha value is -2.47. The third-order valence-electron chi connectivity index (χ3n) is 6.13. The number of ether oxygens (including phenoxy) is 1. The Morgan fingerprint density at radius 1 is 1.21 bits per heavy atom. The molecule has 1 aromatic carbocycles. The van der Waals surface area contributed by atoms with Crippen molar-refractivity contribution >= 4 is 11.7 Å². The zero-order valence-corrected chi connectivity index (χ0v) is 17.8. The highest BCUT2D eigenvalue weighted by Gasteiger charge is 2.34. The fraction of sp³-hybridized carbons (Fsp3) is 0.522. The van der Waals surface area contributed by atoms with E-state index in [1.807, 2.05) is 29.2 Å². The summed E-state index contributed by atoms with van der Waals surface area (Å²) in [5, 5.41) is 0. The molecule has 0 aliphatic carbocycles. The van der Waals surface area contributed by atoms with Gasteiger partial charge in [-0.1, -0.05) is 18.2 Å². The Kier molecular flexibility index (Phi) is 5.54. The van der Waals surface area contributed by atoms with Crippen molar-refractivity contribution in [3.63, 3.8) is 0 Å². The van der Waals surface area contributed by atoms with Gasteiger partial charge < -0.3 is 4.74 Å². The van der Waals surface area contributed by atoms with Gasteiger partial charge in [-0.15, -0.1) is 0 Å². The summed E-state index contributed by atoms with van der Waals surface area (Å²) >= 11 is 0. The predicted molar refractivity (Wildman–Crippen MR) is 113 cm³/mol. The first-order valence-corrected chi connectivity index (χ1v) is 10.5. The van der Waals surface area contributed by atoms with Gasteiger partial charge in [0.2, 0.25) is 5.91 Å². The number of hydrogen-bond donors (Lipinski definition) is 0. The van der Waals surface area contributed by atoms with Gasteiger partial charge in [-0.2, -0.15) is 0 Å². The van der Waals surface area contributed by atoms with Crippen molar-refractivity contribution in [3.8, 4) is 5.75 Å². The number of nitrogens with zero attached hydrogens (tertiary/aromatic N) is 4. The van der Waals surface area contributed by atoms with Crippen molar-refractivity contribution in [3.05, 3.63) is 46.9 Å². The van der Waals surface area contributed by atoms with Gasteiger partial charge >= 0.3 is 0 Å². The van der Waals surface area contributed by atoms with Gasteiger partial charge in [0, 0.05) is 29.3 Å². The van der Waals surface area contributed by atoms with E-state index in [4.69, 9.17) is 14.7 Å². The Morgan fingerprint density at radius 3 is 2.76 bits per heavy atom. The molecule has 1 amide bonds. The third-order valence-corrected chi connectivity index (χ3v) is 6.13. The van der Waals surface area contributed by atoms with Crippen molar-refractivity contribution in [2.75, 3.05) is 18.6 Å². The van der Waals surface area contributed by atoms with Gasteiger partial charge in [0.1, 0.15) is 17.4 Å². The van der Waals surface area contributed by atoms with E-state index < -0.39 is 0 Å². The lowest BCUT2D eigenvalue weighted by Gasteiger charge is -2.32. The number of rotatable bonds is 5. The summed E-state index contributed by atoms with van der Waals surface area (Å²) in [5.74, 6) is 2.54. The van der Waals surface area contributed by atoms with E-state index >= 15 is 0 Å². The molecule has 0 saturated carbocycles. The van der Waals surface area contributed by atoms with Crippen LogP contribution < -0.4 is 9.64 Å². The first-order chi connectivity index (χ1) is 14.0. The van der Waals surface area contributed by atoms with Gasteiger partial charge in [-0.25, -0.2) is 9.97 Å². The van der Waals surface area contributed by atoms with E-state index in [1.54, 1.807) is 7.11 Å². The molecule has 4 rings (SSSR count). The molecular formula is C23H30N4O2. The maximum Gasteiger partial charge on any atom is 0.228 e. The molecule has 0 spiro atoms. The Bertz CT molecular complexity index is 912. The van der Waals surface area contributed by atoms with E-state index in [9.17, 15) is 4.79 Å². The van der Waals surface area contributed by atoms with Gasteiger partial charge in [-0.05, 0) is 52.6 Å². The summed E-state index contributed by atoms with van der Waals surface area (Å²) in [7, 11) is 1.66. The number of carbonyl (C=O) groups excluding carboxylic acids is 1. The highest BCUT2D eigenvalue weighted by atomic mass is 16.5. The number of fused-ring (bicyclic) bond motifs is 1. The maximum absolute atomic E-state index is 12.9. The molecule has 2 aromatic rings. The van der Waals surface area contributed by atoms with Crippen LogP contribution in [0.4, 0.5) is 5.82 Å². The number of para-hydroxylation sites is 1. The summed E-state index contributed by atoms with van der Waals surface area (Å²) in [6.45, 7) is 8.04. The second-order valence-electron chi connectivity index (χ2n) is 8.25. The molecule has 1 unspecified atom stereocenters. The molecule has 2 aliphatic heterocycles. The maximum atomic E-state index is 12.9. The standard InChI is InChI=1S/C23H30N4O2/c1-15(2)26-13-7-9-19(26)22-24-16(3)18-11-12-21(28)27(23(18)25-22)14-17-8-5-6-10-20(17)29-4/h5-6,8,10,15,19H,7,9,11-14H2,1-4H3. The Balaban J connectivity index is 1.73. The van der Waals surface area contributed by atoms with Gasteiger partial charge in [0.15, 0.2) is 0 Å². The number of aromatic nitrogens is 2. The second-order valence-corrected chi connectivity index (χ2v) is 8.25. The summed E-state index contributed by atoms with van der Waals surface area (Å²) < 4.78 is 5.50. The second kappa shape index (κ2) is 8.11. The first kappa shape index (κ1) is 19.8. The summed E-state index contributed by atoms with van der Waals surface area (Å²) in [6, 6.07) is 8.54. The number of carbonyl (C=O) groups is 1. The molecule has 0 radical (unpaired) electrons. The topological polar surface area (TPSA) is 58.6 Å². The molecule has 1 fully saturated rings. The number of anilines is 1. The SMILES string of the molecule is COc1ccccc1CN1C(=O)CCc2c(C)nc(C3CCCN3C(C)C)nc21. The molecule has 6 nitrogen and oxygen atoms in total. The van der Waals surface area contributed by atoms with E-state index in [0.717, 1.165) is 53.6 Å². The van der Waals surface area contributed by atoms with Crippen LogP contribution in [-0.2, 0) is 17.8 Å². The molecule has 0 N–H and O–H groups in total. The van der Waals surface area contributed by atoms with Crippen molar-refractivity contribution in [1.29, 1.82) is 0 Å². The molecule has 29 heavy (non-hydrogen) atoms.